The van der Waals surface area contributed by atoms with E-state index in [0.717, 1.165) is 6.26 Å². The van der Waals surface area contributed by atoms with Gasteiger partial charge in [0, 0.05) is 6.26 Å². The highest BCUT2D eigenvalue weighted by Gasteiger charge is 2.18. The molecule has 118 valence electrons. The van der Waals surface area contributed by atoms with Gasteiger partial charge < -0.3 is 9.26 Å². The van der Waals surface area contributed by atoms with Gasteiger partial charge in [0.2, 0.25) is 0 Å². The molecule has 0 aliphatic rings. The molecule has 8 heteroatoms. The normalized spacial score (nSPS) is 12.9. The van der Waals surface area contributed by atoms with Crippen LogP contribution in [0.1, 0.15) is 40.7 Å². The van der Waals surface area contributed by atoms with Crippen LogP contribution in [-0.2, 0) is 20.3 Å². The number of hydrogen-bond acceptors (Lipinski definition) is 7. The van der Waals surface area contributed by atoms with Crippen LogP contribution in [0.3, 0.4) is 0 Å². The summed E-state index contributed by atoms with van der Waals surface area (Å²) in [7, 11) is -3.11. The van der Waals surface area contributed by atoms with Gasteiger partial charge in [-0.3, -0.25) is 0 Å². The smallest absolute Gasteiger partial charge is 0.338 e. The van der Waals surface area contributed by atoms with Gasteiger partial charge in [0.25, 0.3) is 5.89 Å². The number of hydrogen-bond donors (Lipinski definition) is 0. The maximum atomic E-state index is 12.0. The summed E-state index contributed by atoms with van der Waals surface area (Å²) >= 11 is 0. The van der Waals surface area contributed by atoms with E-state index in [2.05, 4.69) is 10.1 Å². The largest absolute Gasteiger partial charge is 0.449 e. The molecular weight excluding hydrogens is 308 g/mol. The molecule has 0 spiro atoms. The molecular formula is C14H16N2O5S. The number of rotatable bonds is 5. The summed E-state index contributed by atoms with van der Waals surface area (Å²) in [6.07, 6.45) is 0.493. The van der Waals surface area contributed by atoms with Crippen molar-refractivity contribution in [2.45, 2.75) is 25.7 Å². The van der Waals surface area contributed by atoms with Crippen LogP contribution in [-0.4, -0.2) is 30.8 Å². The molecule has 0 bridgehead atoms. The Bertz CT molecular complexity index is 765. The van der Waals surface area contributed by atoms with E-state index in [1.807, 2.05) is 0 Å². The number of carbonyl (C=O) groups is 1. The number of esters is 1. The molecule has 2 aromatic rings. The molecule has 0 aliphatic carbocycles. The van der Waals surface area contributed by atoms with Crippen molar-refractivity contribution in [1.29, 1.82) is 0 Å². The Kier molecular flexibility index (Phi) is 4.60. The SMILES string of the molecule is Cc1noc(C(C)OC(=O)c2ccc(CS(C)(=O)=O)cc2)n1. The summed E-state index contributed by atoms with van der Waals surface area (Å²) in [5.74, 6) is 0.0665. The highest BCUT2D eigenvalue weighted by molar-refractivity contribution is 7.89. The molecule has 0 amide bonds. The van der Waals surface area contributed by atoms with E-state index in [1.165, 1.54) is 12.1 Å². The number of sulfone groups is 1. The Balaban J connectivity index is 2.03. The van der Waals surface area contributed by atoms with Crippen LogP contribution in [0.15, 0.2) is 28.8 Å². The van der Waals surface area contributed by atoms with Crippen molar-refractivity contribution in [3.05, 3.63) is 47.1 Å². The van der Waals surface area contributed by atoms with Gasteiger partial charge in [0.1, 0.15) is 0 Å². The van der Waals surface area contributed by atoms with Gasteiger partial charge in [-0.15, -0.1) is 0 Å². The van der Waals surface area contributed by atoms with Crippen molar-refractivity contribution in [2.24, 2.45) is 0 Å². The van der Waals surface area contributed by atoms with E-state index >= 15 is 0 Å². The number of benzene rings is 1. The van der Waals surface area contributed by atoms with Gasteiger partial charge in [-0.1, -0.05) is 17.3 Å². The van der Waals surface area contributed by atoms with Crippen LogP contribution in [0, 0.1) is 6.92 Å². The van der Waals surface area contributed by atoms with Gasteiger partial charge in [0.05, 0.1) is 11.3 Å². The van der Waals surface area contributed by atoms with Crippen molar-refractivity contribution in [3.63, 3.8) is 0 Å². The van der Waals surface area contributed by atoms with Crippen LogP contribution >= 0.6 is 0 Å². The van der Waals surface area contributed by atoms with Crippen LogP contribution in [0.4, 0.5) is 0 Å². The number of ether oxygens (including phenoxy) is 1. The highest BCUT2D eigenvalue weighted by atomic mass is 32.2. The Morgan fingerprint density at radius 1 is 1.32 bits per heavy atom. The molecule has 0 aliphatic heterocycles. The lowest BCUT2D eigenvalue weighted by Gasteiger charge is -2.09. The highest BCUT2D eigenvalue weighted by Crippen LogP contribution is 2.17. The Hall–Kier alpha value is -2.22. The van der Waals surface area contributed by atoms with Crippen molar-refractivity contribution < 1.29 is 22.5 Å². The van der Waals surface area contributed by atoms with E-state index in [1.54, 1.807) is 26.0 Å². The molecule has 0 fully saturated rings. The standard InChI is InChI=1S/C14H16N2O5S/c1-9(13-15-10(2)16-21-13)20-14(17)12-6-4-11(5-7-12)8-22(3,18)19/h4-7,9H,8H2,1-3H3. The Morgan fingerprint density at radius 2 is 1.95 bits per heavy atom. The van der Waals surface area contributed by atoms with Crippen LogP contribution in [0.25, 0.3) is 0 Å². The monoisotopic (exact) mass is 324 g/mol. The molecule has 2 rings (SSSR count). The van der Waals surface area contributed by atoms with E-state index in [-0.39, 0.29) is 11.6 Å². The second-order valence-electron chi connectivity index (χ2n) is 4.99. The number of nitrogens with zero attached hydrogens (tertiary/aromatic N) is 2. The lowest BCUT2D eigenvalue weighted by Crippen LogP contribution is -2.10. The van der Waals surface area contributed by atoms with Crippen LogP contribution in [0.5, 0.6) is 0 Å². The fraction of sp³-hybridized carbons (Fsp3) is 0.357. The molecule has 1 heterocycles. The topological polar surface area (TPSA) is 99.4 Å². The minimum Gasteiger partial charge on any atom is -0.449 e. The number of carbonyl (C=O) groups excluding carboxylic acids is 1. The third kappa shape index (κ3) is 4.39. The second kappa shape index (κ2) is 6.27. The van der Waals surface area contributed by atoms with Crippen molar-refractivity contribution in [2.75, 3.05) is 6.26 Å². The third-order valence-electron chi connectivity index (χ3n) is 2.79. The average molecular weight is 324 g/mol. The number of aryl methyl sites for hydroxylation is 1. The molecule has 0 N–H and O–H groups in total. The lowest BCUT2D eigenvalue weighted by atomic mass is 10.1. The molecule has 7 nitrogen and oxygen atoms in total. The fourth-order valence-corrected chi connectivity index (χ4v) is 2.60. The zero-order valence-electron chi connectivity index (χ0n) is 12.4. The van der Waals surface area contributed by atoms with Gasteiger partial charge in [-0.05, 0) is 31.5 Å². The maximum absolute atomic E-state index is 12.0. The van der Waals surface area contributed by atoms with E-state index < -0.39 is 21.9 Å². The lowest BCUT2D eigenvalue weighted by molar-refractivity contribution is 0.0265. The third-order valence-corrected chi connectivity index (χ3v) is 3.65. The molecule has 1 aromatic heterocycles. The molecule has 22 heavy (non-hydrogen) atoms. The summed E-state index contributed by atoms with van der Waals surface area (Å²) in [5, 5.41) is 3.63. The predicted molar refractivity (Wildman–Crippen MR) is 77.9 cm³/mol. The molecule has 0 radical (unpaired) electrons. The molecule has 0 saturated heterocycles. The molecule has 1 atom stereocenters. The summed E-state index contributed by atoms with van der Waals surface area (Å²) in [6, 6.07) is 6.21. The van der Waals surface area contributed by atoms with E-state index in [9.17, 15) is 13.2 Å². The molecule has 1 aromatic carbocycles. The van der Waals surface area contributed by atoms with Crippen LogP contribution < -0.4 is 0 Å². The number of aromatic nitrogens is 2. The van der Waals surface area contributed by atoms with Gasteiger partial charge in [0.15, 0.2) is 21.8 Å². The first kappa shape index (κ1) is 16.2. The second-order valence-corrected chi connectivity index (χ2v) is 7.13. The fourth-order valence-electron chi connectivity index (χ4n) is 1.80. The first-order chi connectivity index (χ1) is 10.2. The average Bonchev–Trinajstić information content (AvgIpc) is 2.84. The van der Waals surface area contributed by atoms with E-state index in [0.29, 0.717) is 17.0 Å². The quantitative estimate of drug-likeness (QED) is 0.774. The summed E-state index contributed by atoms with van der Waals surface area (Å²) in [6.45, 7) is 3.30. The van der Waals surface area contributed by atoms with Gasteiger partial charge in [-0.2, -0.15) is 4.98 Å². The minimum absolute atomic E-state index is 0.0695. The van der Waals surface area contributed by atoms with Crippen molar-refractivity contribution >= 4 is 15.8 Å². The molecule has 1 unspecified atom stereocenters. The predicted octanol–water partition coefficient (Wildman–Crippen LogP) is 1.84. The maximum Gasteiger partial charge on any atom is 0.338 e. The first-order valence-corrected chi connectivity index (χ1v) is 8.58. The molecule has 0 saturated carbocycles. The summed E-state index contributed by atoms with van der Waals surface area (Å²) in [5.41, 5.74) is 0.931. The Morgan fingerprint density at radius 3 is 2.45 bits per heavy atom. The zero-order valence-corrected chi connectivity index (χ0v) is 13.3. The minimum atomic E-state index is -3.11. The van der Waals surface area contributed by atoms with Crippen molar-refractivity contribution in [1.82, 2.24) is 10.1 Å². The summed E-state index contributed by atoms with van der Waals surface area (Å²) in [4.78, 5) is 16.0. The summed E-state index contributed by atoms with van der Waals surface area (Å²) < 4.78 is 32.6. The zero-order chi connectivity index (χ0) is 16.3. The Labute approximate surface area is 128 Å². The van der Waals surface area contributed by atoms with Crippen molar-refractivity contribution in [3.8, 4) is 0 Å². The van der Waals surface area contributed by atoms with Gasteiger partial charge >= 0.3 is 5.97 Å². The van der Waals surface area contributed by atoms with Crippen LogP contribution in [0.2, 0.25) is 0 Å². The van der Waals surface area contributed by atoms with Gasteiger partial charge in [-0.25, -0.2) is 13.2 Å². The van der Waals surface area contributed by atoms with E-state index in [4.69, 9.17) is 9.26 Å². The first-order valence-electron chi connectivity index (χ1n) is 6.52.